The highest BCUT2D eigenvalue weighted by Crippen LogP contribution is 2.29. The fourth-order valence-corrected chi connectivity index (χ4v) is 5.84. The van der Waals surface area contributed by atoms with E-state index in [0.29, 0.717) is 30.4 Å². The van der Waals surface area contributed by atoms with Crippen LogP contribution in [-0.4, -0.2) is 49.8 Å². The maximum atomic E-state index is 12.4. The number of rotatable bonds is 4. The van der Waals surface area contributed by atoms with Crippen LogP contribution in [0.15, 0.2) is 20.1 Å². The Morgan fingerprint density at radius 3 is 2.50 bits per heavy atom. The molecule has 1 aromatic rings. The molecule has 1 aliphatic heterocycles. The molecule has 0 aliphatic carbocycles. The van der Waals surface area contributed by atoms with Crippen LogP contribution in [-0.2, 0) is 10.0 Å². The summed E-state index contributed by atoms with van der Waals surface area (Å²) in [6.45, 7) is 4.07. The number of hydrogen-bond acceptors (Lipinski definition) is 5. The summed E-state index contributed by atoms with van der Waals surface area (Å²) in [5.41, 5.74) is 0. The van der Waals surface area contributed by atoms with Gasteiger partial charge in [-0.1, -0.05) is 6.92 Å². The van der Waals surface area contributed by atoms with Gasteiger partial charge in [0.1, 0.15) is 4.21 Å². The van der Waals surface area contributed by atoms with Crippen LogP contribution in [0.3, 0.4) is 0 Å². The van der Waals surface area contributed by atoms with Crippen molar-refractivity contribution in [3.05, 3.63) is 15.9 Å². The molecule has 0 N–H and O–H groups in total. The lowest BCUT2D eigenvalue weighted by molar-refractivity contribution is 0.159. The Morgan fingerprint density at radius 1 is 1.40 bits per heavy atom. The Labute approximate surface area is 132 Å². The van der Waals surface area contributed by atoms with E-state index in [1.807, 2.05) is 6.92 Å². The zero-order chi connectivity index (χ0) is 14.8. The lowest BCUT2D eigenvalue weighted by Gasteiger charge is -2.35. The molecule has 0 radical (unpaired) electrons. The van der Waals surface area contributed by atoms with Gasteiger partial charge in [-0.2, -0.15) is 9.57 Å². The SMILES string of the molecule is CCC(C#N)N1CCN(S(=O)(=O)c2ccc(Br)s2)CC1. The maximum absolute atomic E-state index is 12.4. The van der Waals surface area contributed by atoms with E-state index in [2.05, 4.69) is 26.9 Å². The van der Waals surface area contributed by atoms with E-state index < -0.39 is 10.0 Å². The fraction of sp³-hybridized carbons (Fsp3) is 0.583. The molecule has 1 fully saturated rings. The molecule has 5 nitrogen and oxygen atoms in total. The van der Waals surface area contributed by atoms with Crippen molar-refractivity contribution in [1.82, 2.24) is 9.21 Å². The summed E-state index contributed by atoms with van der Waals surface area (Å²) in [5, 5.41) is 9.06. The van der Waals surface area contributed by atoms with Gasteiger partial charge in [0.2, 0.25) is 0 Å². The summed E-state index contributed by atoms with van der Waals surface area (Å²) in [6, 6.07) is 5.52. The smallest absolute Gasteiger partial charge is 0.252 e. The standard InChI is InChI=1S/C12H16BrN3O2S2/c1-2-10(9-14)15-5-7-16(8-6-15)20(17,18)12-4-3-11(13)19-12/h3-4,10H,2,5-8H2,1H3. The predicted octanol–water partition coefficient (Wildman–Crippen LogP) is 2.12. The number of halogens is 1. The van der Waals surface area contributed by atoms with Crippen molar-refractivity contribution in [2.75, 3.05) is 26.2 Å². The average molecular weight is 378 g/mol. The van der Waals surface area contributed by atoms with Crippen molar-refractivity contribution in [3.8, 4) is 6.07 Å². The second-order valence-electron chi connectivity index (χ2n) is 4.55. The van der Waals surface area contributed by atoms with Crippen molar-refractivity contribution in [2.24, 2.45) is 0 Å². The molecule has 1 unspecified atom stereocenters. The van der Waals surface area contributed by atoms with Gasteiger partial charge in [-0.15, -0.1) is 11.3 Å². The zero-order valence-electron chi connectivity index (χ0n) is 11.1. The molecule has 0 amide bonds. The summed E-state index contributed by atoms with van der Waals surface area (Å²) in [5.74, 6) is 0. The van der Waals surface area contributed by atoms with Gasteiger partial charge >= 0.3 is 0 Å². The molecule has 2 heterocycles. The van der Waals surface area contributed by atoms with E-state index in [4.69, 9.17) is 5.26 Å². The van der Waals surface area contributed by atoms with Gasteiger partial charge in [-0.05, 0) is 34.5 Å². The molecule has 0 spiro atoms. The van der Waals surface area contributed by atoms with Gasteiger partial charge in [0.25, 0.3) is 10.0 Å². The maximum Gasteiger partial charge on any atom is 0.252 e. The minimum absolute atomic E-state index is 0.115. The number of hydrogen-bond donors (Lipinski definition) is 0. The van der Waals surface area contributed by atoms with Gasteiger partial charge in [0, 0.05) is 26.2 Å². The molecule has 0 aromatic carbocycles. The van der Waals surface area contributed by atoms with Gasteiger partial charge in [0.15, 0.2) is 0 Å². The van der Waals surface area contributed by atoms with Gasteiger partial charge in [0.05, 0.1) is 15.9 Å². The molecule has 1 saturated heterocycles. The molecular weight excluding hydrogens is 362 g/mol. The topological polar surface area (TPSA) is 64.4 Å². The highest BCUT2D eigenvalue weighted by Gasteiger charge is 2.31. The normalized spacial score (nSPS) is 19.6. The average Bonchev–Trinajstić information content (AvgIpc) is 2.88. The third kappa shape index (κ3) is 3.23. The number of sulfonamides is 1. The van der Waals surface area contributed by atoms with E-state index in [1.165, 1.54) is 15.6 Å². The van der Waals surface area contributed by atoms with E-state index in [1.54, 1.807) is 12.1 Å². The first-order chi connectivity index (χ1) is 9.48. The van der Waals surface area contributed by atoms with Crippen LogP contribution in [0.5, 0.6) is 0 Å². The van der Waals surface area contributed by atoms with Crippen LogP contribution in [0.2, 0.25) is 0 Å². The summed E-state index contributed by atoms with van der Waals surface area (Å²) >= 11 is 4.51. The molecule has 1 atom stereocenters. The van der Waals surface area contributed by atoms with Gasteiger partial charge in [-0.25, -0.2) is 8.42 Å². The van der Waals surface area contributed by atoms with Crippen molar-refractivity contribution >= 4 is 37.3 Å². The lowest BCUT2D eigenvalue weighted by atomic mass is 10.2. The number of nitrogens with zero attached hydrogens (tertiary/aromatic N) is 3. The highest BCUT2D eigenvalue weighted by molar-refractivity contribution is 9.11. The lowest BCUT2D eigenvalue weighted by Crippen LogP contribution is -2.51. The summed E-state index contributed by atoms with van der Waals surface area (Å²) in [7, 11) is -3.39. The summed E-state index contributed by atoms with van der Waals surface area (Å²) in [4.78, 5) is 2.05. The Bertz CT molecular complexity index is 600. The third-order valence-corrected chi connectivity index (χ3v) is 7.38. The minimum atomic E-state index is -3.39. The Kier molecular flexibility index (Phi) is 5.20. The molecule has 0 saturated carbocycles. The van der Waals surface area contributed by atoms with Crippen molar-refractivity contribution in [3.63, 3.8) is 0 Å². The Hall–Kier alpha value is -0.460. The van der Waals surface area contributed by atoms with E-state index >= 15 is 0 Å². The van der Waals surface area contributed by atoms with Gasteiger partial charge in [-0.3, -0.25) is 4.90 Å². The molecule has 8 heteroatoms. The van der Waals surface area contributed by atoms with Crippen LogP contribution in [0.25, 0.3) is 0 Å². The van der Waals surface area contributed by atoms with Crippen molar-refractivity contribution in [1.29, 1.82) is 5.26 Å². The molecule has 1 aliphatic rings. The van der Waals surface area contributed by atoms with Crippen LogP contribution in [0.1, 0.15) is 13.3 Å². The van der Waals surface area contributed by atoms with E-state index in [0.717, 1.165) is 10.2 Å². The predicted molar refractivity (Wildman–Crippen MR) is 82.0 cm³/mol. The van der Waals surface area contributed by atoms with E-state index in [-0.39, 0.29) is 6.04 Å². The Balaban J connectivity index is 2.06. The van der Waals surface area contributed by atoms with Gasteiger partial charge < -0.3 is 0 Å². The third-order valence-electron chi connectivity index (χ3n) is 3.39. The first-order valence-electron chi connectivity index (χ1n) is 6.38. The van der Waals surface area contributed by atoms with Crippen LogP contribution < -0.4 is 0 Å². The van der Waals surface area contributed by atoms with Crippen LogP contribution >= 0.6 is 27.3 Å². The molecule has 20 heavy (non-hydrogen) atoms. The molecule has 110 valence electrons. The molecule has 0 bridgehead atoms. The van der Waals surface area contributed by atoms with Crippen LogP contribution in [0.4, 0.5) is 0 Å². The van der Waals surface area contributed by atoms with Crippen molar-refractivity contribution < 1.29 is 8.42 Å². The van der Waals surface area contributed by atoms with E-state index in [9.17, 15) is 8.42 Å². The summed E-state index contributed by atoms with van der Waals surface area (Å²) < 4.78 is 27.6. The highest BCUT2D eigenvalue weighted by atomic mass is 79.9. The van der Waals surface area contributed by atoms with Crippen LogP contribution in [0, 0.1) is 11.3 Å². The first-order valence-corrected chi connectivity index (χ1v) is 9.43. The number of nitriles is 1. The number of piperazine rings is 1. The minimum Gasteiger partial charge on any atom is -0.285 e. The monoisotopic (exact) mass is 377 g/mol. The van der Waals surface area contributed by atoms with Crippen molar-refractivity contribution in [2.45, 2.75) is 23.6 Å². The summed E-state index contributed by atoms with van der Waals surface area (Å²) in [6.07, 6.45) is 0.765. The quantitative estimate of drug-likeness (QED) is 0.805. The Morgan fingerprint density at radius 2 is 2.05 bits per heavy atom. The molecule has 1 aromatic heterocycles. The number of thiophene rings is 1. The molecular formula is C12H16BrN3O2S2. The second-order valence-corrected chi connectivity index (χ2v) is 9.18. The second kappa shape index (κ2) is 6.54. The fourth-order valence-electron chi connectivity index (χ4n) is 2.25. The zero-order valence-corrected chi connectivity index (χ0v) is 14.3. The molecule has 2 rings (SSSR count). The first kappa shape index (κ1) is 15.9. The largest absolute Gasteiger partial charge is 0.285 e.